The first kappa shape index (κ1) is 26.1. The van der Waals surface area contributed by atoms with Gasteiger partial charge in [0, 0.05) is 53.6 Å². The molecule has 1 atom stereocenters. The number of ether oxygens (including phenoxy) is 1. The number of hydrogen-bond donors (Lipinski definition) is 5. The molecule has 1 amide bonds. The SMILES string of the molecule is CC(/C=C(\N)NC1CCCN(CCOC(=O)N2CCC(O)CC2)C1)=C(/N)c1ccc2sccc2c1O. The number of thiophene rings is 1. The van der Waals surface area contributed by atoms with Crippen molar-refractivity contribution >= 4 is 33.2 Å². The third kappa shape index (κ3) is 6.43. The number of phenols is 1. The Hall–Kier alpha value is -2.95. The molecular weight excluding hydrogens is 478 g/mol. The van der Waals surface area contributed by atoms with E-state index in [0.717, 1.165) is 41.6 Å². The third-order valence-corrected chi connectivity index (χ3v) is 7.81. The summed E-state index contributed by atoms with van der Waals surface area (Å²) in [5.41, 5.74) is 14.5. The molecule has 1 aromatic heterocycles. The molecule has 0 radical (unpaired) electrons. The third-order valence-electron chi connectivity index (χ3n) is 6.93. The van der Waals surface area contributed by atoms with Crippen LogP contribution >= 0.6 is 11.3 Å². The van der Waals surface area contributed by atoms with Crippen LogP contribution in [0.15, 0.2) is 41.0 Å². The average molecular weight is 516 g/mol. The lowest BCUT2D eigenvalue weighted by atomic mass is 10.0. The number of amides is 1. The van der Waals surface area contributed by atoms with Gasteiger partial charge in [0.2, 0.25) is 0 Å². The van der Waals surface area contributed by atoms with Gasteiger partial charge in [-0.1, -0.05) is 0 Å². The van der Waals surface area contributed by atoms with Crippen molar-refractivity contribution < 1.29 is 19.7 Å². The summed E-state index contributed by atoms with van der Waals surface area (Å²) in [7, 11) is 0. The van der Waals surface area contributed by atoms with Gasteiger partial charge < -0.3 is 36.6 Å². The summed E-state index contributed by atoms with van der Waals surface area (Å²) in [5, 5.41) is 26.4. The first-order valence-electron chi connectivity index (χ1n) is 12.5. The first-order chi connectivity index (χ1) is 17.3. The largest absolute Gasteiger partial charge is 0.507 e. The smallest absolute Gasteiger partial charge is 0.409 e. The Kier molecular flexibility index (Phi) is 8.60. The minimum absolute atomic E-state index is 0.180. The van der Waals surface area contributed by atoms with E-state index in [1.165, 1.54) is 0 Å². The second-order valence-electron chi connectivity index (χ2n) is 9.61. The monoisotopic (exact) mass is 515 g/mol. The number of piperidine rings is 2. The van der Waals surface area contributed by atoms with Gasteiger partial charge in [-0.05, 0) is 74.4 Å². The maximum atomic E-state index is 12.2. The Morgan fingerprint density at radius 1 is 1.22 bits per heavy atom. The molecular formula is C26H37N5O4S. The Morgan fingerprint density at radius 2 is 2.00 bits per heavy atom. The molecule has 0 bridgehead atoms. The number of aliphatic hydroxyl groups excluding tert-OH is 1. The summed E-state index contributed by atoms with van der Waals surface area (Å²) in [4.78, 5) is 16.2. The Bertz CT molecular complexity index is 1120. The van der Waals surface area contributed by atoms with E-state index < -0.39 is 0 Å². The van der Waals surface area contributed by atoms with Crippen LogP contribution in [0.5, 0.6) is 5.75 Å². The van der Waals surface area contributed by atoms with Gasteiger partial charge in [-0.25, -0.2) is 4.79 Å². The number of carbonyl (C=O) groups excluding carboxylic acids is 1. The summed E-state index contributed by atoms with van der Waals surface area (Å²) in [6.07, 6.45) is 4.42. The van der Waals surface area contributed by atoms with Gasteiger partial charge in [0.05, 0.1) is 11.9 Å². The normalized spacial score (nSPS) is 20.9. The molecule has 4 rings (SSSR count). The van der Waals surface area contributed by atoms with E-state index in [2.05, 4.69) is 10.2 Å². The van der Waals surface area contributed by atoms with E-state index in [1.807, 2.05) is 36.6 Å². The fourth-order valence-electron chi connectivity index (χ4n) is 4.83. The van der Waals surface area contributed by atoms with Crippen molar-refractivity contribution in [1.29, 1.82) is 0 Å². The Labute approximate surface area is 216 Å². The number of nitrogens with zero attached hydrogens (tertiary/aromatic N) is 2. The molecule has 0 spiro atoms. The van der Waals surface area contributed by atoms with E-state index in [9.17, 15) is 15.0 Å². The van der Waals surface area contributed by atoms with Crippen LogP contribution < -0.4 is 16.8 Å². The van der Waals surface area contributed by atoms with Crippen LogP contribution in [-0.2, 0) is 4.74 Å². The minimum Gasteiger partial charge on any atom is -0.507 e. The first-order valence-corrected chi connectivity index (χ1v) is 13.4. The number of fused-ring (bicyclic) bond motifs is 1. The second kappa shape index (κ2) is 11.9. The summed E-state index contributed by atoms with van der Waals surface area (Å²) >= 11 is 1.58. The van der Waals surface area contributed by atoms with Crippen molar-refractivity contribution in [1.82, 2.24) is 15.1 Å². The highest BCUT2D eigenvalue weighted by Crippen LogP contribution is 2.35. The van der Waals surface area contributed by atoms with Crippen molar-refractivity contribution in [3.8, 4) is 5.75 Å². The number of rotatable bonds is 7. The lowest BCUT2D eigenvalue weighted by molar-refractivity contribution is 0.0525. The van der Waals surface area contributed by atoms with Crippen LogP contribution in [0.4, 0.5) is 4.79 Å². The number of aliphatic hydroxyl groups is 1. The number of allylic oxidation sites excluding steroid dienone is 2. The minimum atomic E-state index is -0.313. The summed E-state index contributed by atoms with van der Waals surface area (Å²) in [6, 6.07) is 5.87. The molecule has 36 heavy (non-hydrogen) atoms. The number of benzene rings is 1. The maximum absolute atomic E-state index is 12.2. The van der Waals surface area contributed by atoms with E-state index in [4.69, 9.17) is 16.2 Å². The number of carbonyl (C=O) groups is 1. The molecule has 196 valence electrons. The molecule has 2 aliphatic rings. The number of aromatic hydroxyl groups is 1. The summed E-state index contributed by atoms with van der Waals surface area (Å²) in [5.74, 6) is 0.712. The average Bonchev–Trinajstić information content (AvgIpc) is 3.34. The van der Waals surface area contributed by atoms with Gasteiger partial charge in [0.15, 0.2) is 0 Å². The highest BCUT2D eigenvalue weighted by Gasteiger charge is 2.24. The molecule has 9 nitrogen and oxygen atoms in total. The zero-order chi connectivity index (χ0) is 25.7. The van der Waals surface area contributed by atoms with E-state index in [0.29, 0.717) is 56.2 Å². The van der Waals surface area contributed by atoms with Crippen molar-refractivity contribution in [2.45, 2.75) is 44.8 Å². The number of phenolic OH excluding ortho intramolecular Hbond substituents is 1. The van der Waals surface area contributed by atoms with Gasteiger partial charge in [0.1, 0.15) is 12.4 Å². The molecule has 2 aliphatic heterocycles. The lowest BCUT2D eigenvalue weighted by Crippen LogP contribution is -2.47. The number of nitrogens with one attached hydrogen (secondary N) is 1. The van der Waals surface area contributed by atoms with Gasteiger partial charge in [0.25, 0.3) is 0 Å². The van der Waals surface area contributed by atoms with E-state index >= 15 is 0 Å². The highest BCUT2D eigenvalue weighted by molar-refractivity contribution is 7.17. The fraction of sp³-hybridized carbons (Fsp3) is 0.500. The molecule has 0 aliphatic carbocycles. The molecule has 1 aromatic carbocycles. The van der Waals surface area contributed by atoms with Crippen molar-refractivity contribution in [3.63, 3.8) is 0 Å². The van der Waals surface area contributed by atoms with Crippen LogP contribution in [-0.4, -0.2) is 77.6 Å². The predicted molar refractivity (Wildman–Crippen MR) is 143 cm³/mol. The highest BCUT2D eigenvalue weighted by atomic mass is 32.1. The molecule has 10 heteroatoms. The number of hydrogen-bond acceptors (Lipinski definition) is 9. The zero-order valence-corrected chi connectivity index (χ0v) is 21.6. The molecule has 0 saturated carbocycles. The van der Waals surface area contributed by atoms with Crippen molar-refractivity contribution in [2.24, 2.45) is 11.5 Å². The summed E-state index contributed by atoms with van der Waals surface area (Å²) < 4.78 is 6.47. The molecule has 1 unspecified atom stereocenters. The Morgan fingerprint density at radius 3 is 2.78 bits per heavy atom. The van der Waals surface area contributed by atoms with Gasteiger partial charge >= 0.3 is 6.09 Å². The van der Waals surface area contributed by atoms with Crippen molar-refractivity contribution in [2.75, 3.05) is 39.3 Å². The lowest BCUT2D eigenvalue weighted by Gasteiger charge is -2.34. The molecule has 2 aromatic rings. The summed E-state index contributed by atoms with van der Waals surface area (Å²) in [6.45, 7) is 5.73. The second-order valence-corrected chi connectivity index (χ2v) is 10.6. The maximum Gasteiger partial charge on any atom is 0.409 e. The topological polar surface area (TPSA) is 137 Å². The molecule has 7 N–H and O–H groups in total. The van der Waals surface area contributed by atoms with E-state index in [1.54, 1.807) is 16.2 Å². The zero-order valence-electron chi connectivity index (χ0n) is 20.8. The van der Waals surface area contributed by atoms with Crippen LogP contribution in [0.3, 0.4) is 0 Å². The quantitative estimate of drug-likeness (QED) is 0.355. The molecule has 3 heterocycles. The van der Waals surface area contributed by atoms with Gasteiger partial charge in [-0.3, -0.25) is 4.90 Å². The molecule has 2 saturated heterocycles. The fourth-order valence-corrected chi connectivity index (χ4v) is 5.61. The van der Waals surface area contributed by atoms with Gasteiger partial charge in [-0.15, -0.1) is 11.3 Å². The van der Waals surface area contributed by atoms with Crippen LogP contribution in [0, 0.1) is 0 Å². The Balaban J connectivity index is 1.28. The molecule has 2 fully saturated rings. The van der Waals surface area contributed by atoms with Crippen LogP contribution in [0.1, 0.15) is 38.2 Å². The van der Waals surface area contributed by atoms with E-state index in [-0.39, 0.29) is 24.0 Å². The standard InChI is InChI=1S/C26H37N5O4S/c1-17(24(28)21-4-5-22-20(25(21)33)8-14-36-22)15-23(27)29-18-3-2-9-30(16-18)12-13-35-26(34)31-10-6-19(32)7-11-31/h4-5,8,14-15,18-19,29,32-33H,2-3,6-7,9-13,16,27-28H2,1H3/b23-15+,24-17-. The predicted octanol–water partition coefficient (Wildman–Crippen LogP) is 2.74. The van der Waals surface area contributed by atoms with Crippen LogP contribution in [0.2, 0.25) is 0 Å². The van der Waals surface area contributed by atoms with Crippen LogP contribution in [0.25, 0.3) is 15.8 Å². The van der Waals surface area contributed by atoms with Gasteiger partial charge in [-0.2, -0.15) is 0 Å². The van der Waals surface area contributed by atoms with Crippen molar-refractivity contribution in [3.05, 3.63) is 46.6 Å². The number of nitrogens with two attached hydrogens (primary N) is 2. The number of likely N-dealkylation sites (tertiary alicyclic amines) is 2.